The highest BCUT2D eigenvalue weighted by molar-refractivity contribution is 7.98. The van der Waals surface area contributed by atoms with Gasteiger partial charge in [0.1, 0.15) is 5.52 Å². The van der Waals surface area contributed by atoms with Crippen LogP contribution in [-0.4, -0.2) is 56.0 Å². The van der Waals surface area contributed by atoms with Crippen LogP contribution in [0.2, 0.25) is 0 Å². The Hall–Kier alpha value is -2.63. The molecule has 0 saturated carbocycles. The molecule has 4 rings (SSSR count). The highest BCUT2D eigenvalue weighted by Crippen LogP contribution is 2.39. The number of fused-ring (bicyclic) bond motifs is 1. The first-order chi connectivity index (χ1) is 15.9. The molecule has 0 amide bonds. The number of carbonyl (C=O) groups excluding carboxylic acids is 1. The number of anilines is 1. The van der Waals surface area contributed by atoms with Gasteiger partial charge in [-0.1, -0.05) is 11.6 Å². The first-order valence-corrected chi connectivity index (χ1v) is 12.8. The van der Waals surface area contributed by atoms with Crippen molar-refractivity contribution in [3.05, 3.63) is 46.7 Å². The zero-order chi connectivity index (χ0) is 24.0. The molecule has 1 aliphatic heterocycles. The van der Waals surface area contributed by atoms with E-state index in [1.54, 1.807) is 18.3 Å². The second-order valence-electron chi connectivity index (χ2n) is 7.41. The van der Waals surface area contributed by atoms with Crippen LogP contribution in [0.5, 0.6) is 5.75 Å². The molecule has 9 nitrogen and oxygen atoms in total. The average Bonchev–Trinajstić information content (AvgIpc) is 2.84. The summed E-state index contributed by atoms with van der Waals surface area (Å²) < 4.78 is 37.6. The van der Waals surface area contributed by atoms with Crippen LogP contribution < -0.4 is 8.49 Å². The summed E-state index contributed by atoms with van der Waals surface area (Å²) in [6.07, 6.45) is 8.68. The maximum Gasteiger partial charge on any atom is 0.360 e. The quantitative estimate of drug-likeness (QED) is 0.492. The fourth-order valence-corrected chi connectivity index (χ4v) is 5.77. The van der Waals surface area contributed by atoms with E-state index in [0.29, 0.717) is 30.3 Å². The second-order valence-corrected chi connectivity index (χ2v) is 10.3. The maximum atomic E-state index is 12.7. The minimum Gasteiger partial charge on any atom is -0.464 e. The number of carbonyl (C=O) groups is 1. The van der Waals surface area contributed by atoms with Crippen molar-refractivity contribution in [3.63, 3.8) is 0 Å². The van der Waals surface area contributed by atoms with Crippen LogP contribution in [0, 0.1) is 0 Å². The fraction of sp³-hybridized carbons (Fsp3) is 0.409. The third-order valence-corrected chi connectivity index (χ3v) is 7.85. The third-order valence-electron chi connectivity index (χ3n) is 5.21. The lowest BCUT2D eigenvalue weighted by molar-refractivity contribution is 0.0592. The van der Waals surface area contributed by atoms with Gasteiger partial charge in [-0.2, -0.15) is 0 Å². The van der Waals surface area contributed by atoms with E-state index in [0.717, 1.165) is 36.9 Å². The average molecular weight is 494 g/mol. The van der Waals surface area contributed by atoms with E-state index < -0.39 is 16.0 Å². The molecule has 2 aromatic rings. The first kappa shape index (κ1) is 25.0. The van der Waals surface area contributed by atoms with Gasteiger partial charge in [0.15, 0.2) is 17.3 Å². The molecule has 0 aromatic carbocycles. The molecule has 178 valence electrons. The number of hydrogen-bond acceptors (Lipinski definition) is 9. The summed E-state index contributed by atoms with van der Waals surface area (Å²) in [7, 11) is -1.29. The van der Waals surface area contributed by atoms with E-state index in [1.165, 1.54) is 17.0 Å². The molecular formula is C22H27N3O6S2. The lowest BCUT2D eigenvalue weighted by atomic mass is 10.1. The van der Waals surface area contributed by atoms with E-state index in [4.69, 9.17) is 14.0 Å². The summed E-state index contributed by atoms with van der Waals surface area (Å²) in [5.74, 6) is -0.333. The van der Waals surface area contributed by atoms with Gasteiger partial charge in [0.05, 0.1) is 24.9 Å². The maximum absolute atomic E-state index is 12.7. The number of aliphatic hydroxyl groups is 1. The Bertz CT molecular complexity index is 1190. The number of rotatable bonds is 5. The van der Waals surface area contributed by atoms with E-state index in [-0.39, 0.29) is 23.0 Å². The Morgan fingerprint density at radius 1 is 1.21 bits per heavy atom. The van der Waals surface area contributed by atoms with Gasteiger partial charge in [-0.05, 0) is 50.8 Å². The smallest absolute Gasteiger partial charge is 0.360 e. The molecule has 1 aliphatic carbocycles. The number of sulfonamides is 1. The summed E-state index contributed by atoms with van der Waals surface area (Å²) in [5, 5.41) is 7.50. The number of aromatic nitrogens is 2. The van der Waals surface area contributed by atoms with Crippen molar-refractivity contribution in [2.24, 2.45) is 0 Å². The normalized spacial score (nSPS) is 17.4. The van der Waals surface area contributed by atoms with Crippen molar-refractivity contribution in [1.82, 2.24) is 9.97 Å². The Labute approximate surface area is 197 Å². The van der Waals surface area contributed by atoms with Crippen LogP contribution in [0.25, 0.3) is 10.9 Å². The molecule has 3 heterocycles. The van der Waals surface area contributed by atoms with Gasteiger partial charge in [0.2, 0.25) is 10.0 Å². The number of pyridine rings is 2. The van der Waals surface area contributed by atoms with Gasteiger partial charge in [-0.25, -0.2) is 18.2 Å². The van der Waals surface area contributed by atoms with Gasteiger partial charge < -0.3 is 14.0 Å². The molecule has 2 aromatic heterocycles. The van der Waals surface area contributed by atoms with Gasteiger partial charge in [0, 0.05) is 30.1 Å². The molecule has 0 unspecified atom stereocenters. The van der Waals surface area contributed by atoms with Gasteiger partial charge >= 0.3 is 5.97 Å². The molecule has 2 aliphatic rings. The van der Waals surface area contributed by atoms with Crippen molar-refractivity contribution in [2.45, 2.75) is 32.6 Å². The molecule has 1 fully saturated rings. The Morgan fingerprint density at radius 3 is 2.67 bits per heavy atom. The van der Waals surface area contributed by atoms with Crippen molar-refractivity contribution in [1.29, 1.82) is 0 Å². The predicted octanol–water partition coefficient (Wildman–Crippen LogP) is 3.61. The van der Waals surface area contributed by atoms with Crippen LogP contribution in [-0.2, 0) is 14.8 Å². The third kappa shape index (κ3) is 5.48. The number of nitrogens with zero attached hydrogens (tertiary/aromatic N) is 3. The molecule has 33 heavy (non-hydrogen) atoms. The lowest BCUT2D eigenvalue weighted by Gasteiger charge is -2.28. The van der Waals surface area contributed by atoms with E-state index in [1.807, 2.05) is 12.2 Å². The van der Waals surface area contributed by atoms with Crippen LogP contribution in [0.3, 0.4) is 0 Å². The Morgan fingerprint density at radius 2 is 2.00 bits per heavy atom. The number of ether oxygens (including phenoxy) is 1. The van der Waals surface area contributed by atoms with Crippen molar-refractivity contribution < 1.29 is 27.2 Å². The summed E-state index contributed by atoms with van der Waals surface area (Å²) in [6, 6.07) is 3.44. The molecule has 0 atom stereocenters. The van der Waals surface area contributed by atoms with Crippen LogP contribution in [0.4, 0.5) is 5.82 Å². The number of esters is 1. The van der Waals surface area contributed by atoms with Crippen LogP contribution in [0.1, 0.15) is 43.1 Å². The summed E-state index contributed by atoms with van der Waals surface area (Å²) in [6.45, 7) is 2.37. The van der Waals surface area contributed by atoms with Crippen molar-refractivity contribution in [3.8, 4) is 5.75 Å². The summed E-state index contributed by atoms with van der Waals surface area (Å²) in [5.41, 5.74) is 1.56. The van der Waals surface area contributed by atoms with Gasteiger partial charge in [-0.15, -0.1) is 0 Å². The van der Waals surface area contributed by atoms with Crippen molar-refractivity contribution in [2.75, 3.05) is 30.8 Å². The van der Waals surface area contributed by atoms with Crippen LogP contribution >= 0.6 is 12.0 Å². The molecule has 1 saturated heterocycles. The zero-order valence-electron chi connectivity index (χ0n) is 18.8. The van der Waals surface area contributed by atoms with E-state index >= 15 is 0 Å². The molecule has 1 N–H and O–H groups in total. The van der Waals surface area contributed by atoms with Gasteiger partial charge in [0.25, 0.3) is 0 Å². The minimum absolute atomic E-state index is 0.0409. The zero-order valence-corrected chi connectivity index (χ0v) is 20.4. The minimum atomic E-state index is -3.54. The Kier molecular flexibility index (Phi) is 8.33. The lowest BCUT2D eigenvalue weighted by Crippen LogP contribution is -2.38. The molecule has 0 radical (unpaired) electrons. The molecule has 0 spiro atoms. The number of allylic oxidation sites excluding steroid dienone is 4. The second kappa shape index (κ2) is 11.0. The van der Waals surface area contributed by atoms with Gasteiger partial charge in [-0.3, -0.25) is 9.29 Å². The standard InChI is InChI=1S/C21H23N3O5S2.CH4O/c1-14-7-9-15(10-8-14)30-29-19-17-16(6-5-11-22-17)20(23-18(19)21(25)28-2)24-12-3-4-13-31(24,26)27;1-2/h5-7,9,11H,3-4,8,10,12-13H2,1-2H3;2H,1H3. The number of aliphatic hydroxyl groups excluding tert-OH is 1. The summed E-state index contributed by atoms with van der Waals surface area (Å²) >= 11 is 1.15. The topological polar surface area (TPSA) is 119 Å². The molecular weight excluding hydrogens is 466 g/mol. The predicted molar refractivity (Wildman–Crippen MR) is 129 cm³/mol. The number of methoxy groups -OCH3 is 1. The molecule has 0 bridgehead atoms. The first-order valence-electron chi connectivity index (χ1n) is 10.4. The largest absolute Gasteiger partial charge is 0.464 e. The van der Waals surface area contributed by atoms with Crippen molar-refractivity contribution >= 4 is 44.8 Å². The van der Waals surface area contributed by atoms with Crippen LogP contribution in [0.15, 0.2) is 41.0 Å². The monoisotopic (exact) mass is 493 g/mol. The highest BCUT2D eigenvalue weighted by atomic mass is 32.2. The van der Waals surface area contributed by atoms with E-state index in [2.05, 4.69) is 16.9 Å². The fourth-order valence-electron chi connectivity index (χ4n) is 3.51. The molecule has 11 heteroatoms. The Balaban J connectivity index is 0.00000149. The number of hydrogen-bond donors (Lipinski definition) is 1. The highest BCUT2D eigenvalue weighted by Gasteiger charge is 2.32. The summed E-state index contributed by atoms with van der Waals surface area (Å²) in [4.78, 5) is 22.4. The van der Waals surface area contributed by atoms with E-state index in [9.17, 15) is 13.2 Å². The SMILES string of the molecule is CO.COC(=O)c1nc(N2CCCCS2(=O)=O)c2cccnc2c1OSC1=CC=C(C)CC1.